The Hall–Kier alpha value is -1.09. The molecule has 2 rings (SSSR count). The zero-order chi connectivity index (χ0) is 14.0. The third kappa shape index (κ3) is 3.47. The van der Waals surface area contributed by atoms with Crippen LogP contribution in [0.3, 0.4) is 0 Å². The molecule has 0 atom stereocenters. The van der Waals surface area contributed by atoms with Crippen LogP contribution in [0.15, 0.2) is 18.3 Å². The summed E-state index contributed by atoms with van der Waals surface area (Å²) in [5.74, 6) is 0.679. The number of pyridine rings is 1. The van der Waals surface area contributed by atoms with Crippen LogP contribution in [0.4, 0.5) is 0 Å². The fourth-order valence-electron chi connectivity index (χ4n) is 2.63. The standard InChI is InChI=1S/C15H21ClN2O/c1-15(2,3)11-5-8-18(9-6-11)14(19)13-10-12(16)4-7-17-13/h4,7,10-11H,5-6,8-9H2,1-3H3. The van der Waals surface area contributed by atoms with Gasteiger partial charge in [0.15, 0.2) is 0 Å². The van der Waals surface area contributed by atoms with E-state index in [1.807, 2.05) is 4.90 Å². The average molecular weight is 281 g/mol. The van der Waals surface area contributed by atoms with Crippen molar-refractivity contribution in [2.24, 2.45) is 11.3 Å². The zero-order valence-corrected chi connectivity index (χ0v) is 12.6. The maximum Gasteiger partial charge on any atom is 0.272 e. The highest BCUT2D eigenvalue weighted by Gasteiger charge is 2.30. The second-order valence-corrected chi connectivity index (χ2v) is 6.73. The van der Waals surface area contributed by atoms with E-state index in [0.29, 0.717) is 22.0 Å². The molecule has 0 bridgehead atoms. The molecule has 1 aromatic rings. The highest BCUT2D eigenvalue weighted by molar-refractivity contribution is 6.30. The Morgan fingerprint density at radius 1 is 1.37 bits per heavy atom. The lowest BCUT2D eigenvalue weighted by Crippen LogP contribution is -2.41. The Balaban J connectivity index is 2.00. The average Bonchev–Trinajstić information content (AvgIpc) is 2.37. The van der Waals surface area contributed by atoms with Crippen LogP contribution >= 0.6 is 11.6 Å². The number of aromatic nitrogens is 1. The molecule has 1 amide bonds. The van der Waals surface area contributed by atoms with E-state index in [-0.39, 0.29) is 5.91 Å². The number of rotatable bonds is 1. The Morgan fingerprint density at radius 2 is 2.00 bits per heavy atom. The quantitative estimate of drug-likeness (QED) is 0.787. The maximum absolute atomic E-state index is 12.3. The second kappa shape index (κ2) is 5.49. The van der Waals surface area contributed by atoms with Crippen molar-refractivity contribution in [3.63, 3.8) is 0 Å². The lowest BCUT2D eigenvalue weighted by molar-refractivity contribution is 0.0603. The van der Waals surface area contributed by atoms with Crippen LogP contribution in [0, 0.1) is 11.3 Å². The first-order chi connectivity index (χ1) is 8.88. The summed E-state index contributed by atoms with van der Waals surface area (Å²) in [5, 5.41) is 0.558. The number of piperidine rings is 1. The molecule has 104 valence electrons. The van der Waals surface area contributed by atoms with Crippen LogP contribution in [0.2, 0.25) is 5.02 Å². The Labute approximate surface area is 120 Å². The molecule has 1 saturated heterocycles. The first kappa shape index (κ1) is 14.3. The molecule has 1 aromatic heterocycles. The molecular formula is C15H21ClN2O. The second-order valence-electron chi connectivity index (χ2n) is 6.29. The van der Waals surface area contributed by atoms with Gasteiger partial charge in [-0.3, -0.25) is 9.78 Å². The normalized spacial score (nSPS) is 17.6. The molecule has 0 unspecified atom stereocenters. The van der Waals surface area contributed by atoms with E-state index < -0.39 is 0 Å². The molecule has 1 aliphatic heterocycles. The van der Waals surface area contributed by atoms with Crippen LogP contribution in [0.5, 0.6) is 0 Å². The molecule has 0 saturated carbocycles. The predicted octanol–water partition coefficient (Wildman–Crippen LogP) is 3.63. The first-order valence-electron chi connectivity index (χ1n) is 6.79. The summed E-state index contributed by atoms with van der Waals surface area (Å²) in [6, 6.07) is 3.32. The van der Waals surface area contributed by atoms with Gasteiger partial charge in [-0.05, 0) is 36.3 Å². The van der Waals surface area contributed by atoms with E-state index >= 15 is 0 Å². The molecule has 0 aliphatic carbocycles. The van der Waals surface area contributed by atoms with Gasteiger partial charge in [0.05, 0.1) is 0 Å². The smallest absolute Gasteiger partial charge is 0.272 e. The Bertz CT molecular complexity index is 459. The molecule has 0 spiro atoms. The van der Waals surface area contributed by atoms with Gasteiger partial charge in [0.1, 0.15) is 5.69 Å². The summed E-state index contributed by atoms with van der Waals surface area (Å²) in [6.07, 6.45) is 3.71. The van der Waals surface area contributed by atoms with E-state index in [2.05, 4.69) is 25.8 Å². The van der Waals surface area contributed by atoms with Gasteiger partial charge >= 0.3 is 0 Å². The van der Waals surface area contributed by atoms with Crippen molar-refractivity contribution in [3.8, 4) is 0 Å². The zero-order valence-electron chi connectivity index (χ0n) is 11.8. The van der Waals surface area contributed by atoms with Gasteiger partial charge in [-0.1, -0.05) is 32.4 Å². The number of hydrogen-bond donors (Lipinski definition) is 0. The molecule has 1 aliphatic rings. The maximum atomic E-state index is 12.3. The van der Waals surface area contributed by atoms with Gasteiger partial charge in [-0.15, -0.1) is 0 Å². The summed E-state index contributed by atoms with van der Waals surface area (Å²) >= 11 is 5.90. The van der Waals surface area contributed by atoms with E-state index in [9.17, 15) is 4.79 Å². The summed E-state index contributed by atoms with van der Waals surface area (Å²) in [7, 11) is 0. The number of amides is 1. The van der Waals surface area contributed by atoms with Crippen LogP contribution in [-0.4, -0.2) is 28.9 Å². The molecule has 4 heteroatoms. The highest BCUT2D eigenvalue weighted by atomic mass is 35.5. The van der Waals surface area contributed by atoms with Crippen molar-refractivity contribution in [1.82, 2.24) is 9.88 Å². The van der Waals surface area contributed by atoms with E-state index in [4.69, 9.17) is 11.6 Å². The number of hydrogen-bond acceptors (Lipinski definition) is 2. The lowest BCUT2D eigenvalue weighted by Gasteiger charge is -2.38. The van der Waals surface area contributed by atoms with Crippen LogP contribution in [0.1, 0.15) is 44.1 Å². The molecular weight excluding hydrogens is 260 g/mol. The monoisotopic (exact) mass is 280 g/mol. The van der Waals surface area contributed by atoms with Crippen molar-refractivity contribution in [2.45, 2.75) is 33.6 Å². The predicted molar refractivity (Wildman–Crippen MR) is 77.3 cm³/mol. The van der Waals surface area contributed by atoms with Crippen molar-refractivity contribution in [3.05, 3.63) is 29.0 Å². The molecule has 0 aromatic carbocycles. The number of carbonyl (C=O) groups excluding carboxylic acids is 1. The summed E-state index contributed by atoms with van der Waals surface area (Å²) in [5.41, 5.74) is 0.769. The molecule has 1 fully saturated rings. The minimum atomic E-state index is -0.00476. The van der Waals surface area contributed by atoms with Gasteiger partial charge in [0.2, 0.25) is 0 Å². The van der Waals surface area contributed by atoms with E-state index in [1.54, 1.807) is 18.3 Å². The van der Waals surface area contributed by atoms with Gasteiger partial charge in [-0.25, -0.2) is 0 Å². The molecule has 0 radical (unpaired) electrons. The number of likely N-dealkylation sites (tertiary alicyclic amines) is 1. The van der Waals surface area contributed by atoms with Gasteiger partial charge in [0.25, 0.3) is 5.91 Å². The molecule has 3 nitrogen and oxygen atoms in total. The number of nitrogens with zero attached hydrogens (tertiary/aromatic N) is 2. The minimum Gasteiger partial charge on any atom is -0.337 e. The van der Waals surface area contributed by atoms with E-state index in [0.717, 1.165) is 25.9 Å². The number of halogens is 1. The summed E-state index contributed by atoms with van der Waals surface area (Å²) in [4.78, 5) is 18.3. The van der Waals surface area contributed by atoms with Crippen molar-refractivity contribution in [2.75, 3.05) is 13.1 Å². The van der Waals surface area contributed by atoms with E-state index in [1.165, 1.54) is 0 Å². The molecule has 2 heterocycles. The fraction of sp³-hybridized carbons (Fsp3) is 0.600. The Morgan fingerprint density at radius 3 is 2.53 bits per heavy atom. The van der Waals surface area contributed by atoms with Gasteiger partial charge in [-0.2, -0.15) is 0 Å². The minimum absolute atomic E-state index is 0.00476. The van der Waals surface area contributed by atoms with Crippen LogP contribution in [0.25, 0.3) is 0 Å². The van der Waals surface area contributed by atoms with Crippen molar-refractivity contribution >= 4 is 17.5 Å². The largest absolute Gasteiger partial charge is 0.337 e. The Kier molecular flexibility index (Phi) is 4.14. The van der Waals surface area contributed by atoms with Crippen molar-refractivity contribution < 1.29 is 4.79 Å². The first-order valence-corrected chi connectivity index (χ1v) is 7.16. The SMILES string of the molecule is CC(C)(C)C1CCN(C(=O)c2cc(Cl)ccn2)CC1. The third-order valence-corrected chi connectivity index (χ3v) is 4.18. The highest BCUT2D eigenvalue weighted by Crippen LogP contribution is 2.34. The lowest BCUT2D eigenvalue weighted by atomic mass is 9.75. The topological polar surface area (TPSA) is 33.2 Å². The summed E-state index contributed by atoms with van der Waals surface area (Å²) < 4.78 is 0. The van der Waals surface area contributed by atoms with Crippen molar-refractivity contribution in [1.29, 1.82) is 0 Å². The summed E-state index contributed by atoms with van der Waals surface area (Å²) in [6.45, 7) is 8.44. The fourth-order valence-corrected chi connectivity index (χ4v) is 2.79. The van der Waals surface area contributed by atoms with Gasteiger partial charge in [0, 0.05) is 24.3 Å². The van der Waals surface area contributed by atoms with Gasteiger partial charge < -0.3 is 4.90 Å². The molecule has 19 heavy (non-hydrogen) atoms. The number of carbonyl (C=O) groups is 1. The third-order valence-electron chi connectivity index (χ3n) is 3.95. The molecule has 0 N–H and O–H groups in total. The van der Waals surface area contributed by atoms with Crippen LogP contribution in [-0.2, 0) is 0 Å². The van der Waals surface area contributed by atoms with Crippen LogP contribution < -0.4 is 0 Å².